The maximum Gasteiger partial charge on any atom is 0.231 e. The summed E-state index contributed by atoms with van der Waals surface area (Å²) in [5.74, 6) is 1.12. The molecule has 4 heteroatoms. The summed E-state index contributed by atoms with van der Waals surface area (Å²) in [5, 5.41) is 0. The Labute approximate surface area is 183 Å². The molecule has 1 saturated carbocycles. The third-order valence-electron chi connectivity index (χ3n) is 6.60. The van der Waals surface area contributed by atoms with Gasteiger partial charge in [-0.15, -0.1) is 0 Å². The molecule has 1 aliphatic heterocycles. The third kappa shape index (κ3) is 3.50. The zero-order valence-corrected chi connectivity index (χ0v) is 17.8. The van der Waals surface area contributed by atoms with Crippen LogP contribution in [0.15, 0.2) is 54.6 Å². The monoisotopic (exact) mass is 418 g/mol. The van der Waals surface area contributed by atoms with Crippen molar-refractivity contribution in [2.75, 3.05) is 6.79 Å². The Balaban J connectivity index is 0.00000245. The Bertz CT molecular complexity index is 1180. The Kier molecular flexibility index (Phi) is 4.81. The van der Waals surface area contributed by atoms with Gasteiger partial charge in [-0.1, -0.05) is 37.3 Å². The number of ether oxygens (including phenoxy) is 2. The zero-order valence-electron chi connectivity index (χ0n) is 17.8. The fourth-order valence-corrected chi connectivity index (χ4v) is 4.51. The predicted molar refractivity (Wildman–Crippen MR) is 120 cm³/mol. The van der Waals surface area contributed by atoms with Crippen LogP contribution in [-0.2, 0) is 23.1 Å². The minimum Gasteiger partial charge on any atom is -0.454 e. The van der Waals surface area contributed by atoms with Crippen LogP contribution in [0.25, 0.3) is 11.1 Å². The summed E-state index contributed by atoms with van der Waals surface area (Å²) in [6, 6.07) is 17.4. The minimum atomic E-state index is -0.541. The van der Waals surface area contributed by atoms with E-state index in [0.717, 1.165) is 41.5 Å². The van der Waals surface area contributed by atoms with Crippen LogP contribution in [-0.4, -0.2) is 12.6 Å². The quantitative estimate of drug-likeness (QED) is 0.479. The molecule has 0 N–H and O–H groups in total. The molecule has 0 atom stereocenters. The molecule has 0 spiro atoms. The average molecular weight is 419 g/mol. The lowest BCUT2D eigenvalue weighted by Crippen LogP contribution is -2.23. The molecule has 0 radical (unpaired) electrons. The molecule has 5 rings (SSSR count). The molecule has 3 aromatic carbocycles. The van der Waals surface area contributed by atoms with Crippen molar-refractivity contribution in [1.29, 1.82) is 0 Å². The SMILES string of the molecule is CCc1cccc(-c2cc(CC(=O)C3(c4ccc5c(c4)OCO5)CC3)c(F)cc2C)c1.[HH]. The number of Topliss-reactive ketones (excluding diaryl/α,β-unsaturated/α-hetero) is 1. The van der Waals surface area contributed by atoms with Crippen molar-refractivity contribution < 1.29 is 20.1 Å². The predicted octanol–water partition coefficient (Wildman–Crippen LogP) is 6.18. The third-order valence-corrected chi connectivity index (χ3v) is 6.60. The van der Waals surface area contributed by atoms with Gasteiger partial charge in [0.05, 0.1) is 5.41 Å². The van der Waals surface area contributed by atoms with E-state index in [4.69, 9.17) is 9.47 Å². The van der Waals surface area contributed by atoms with Gasteiger partial charge < -0.3 is 9.47 Å². The number of carbonyl (C=O) groups excluding carboxylic acids is 1. The first kappa shape index (κ1) is 19.8. The standard InChI is InChI=1S/C27H25FO3.H2/c1-3-18-5-4-6-19(12-18)22-13-20(23(28)11-17(22)2)14-26(29)27(9-10-27)21-7-8-24-25(15-21)31-16-30-24;/h4-8,11-13,15H,3,9-10,14,16H2,1-2H3;1H. The van der Waals surface area contributed by atoms with Gasteiger partial charge in [0.2, 0.25) is 6.79 Å². The van der Waals surface area contributed by atoms with Crippen molar-refractivity contribution in [3.63, 3.8) is 0 Å². The van der Waals surface area contributed by atoms with Crippen LogP contribution in [0.2, 0.25) is 0 Å². The van der Waals surface area contributed by atoms with Crippen LogP contribution >= 0.6 is 0 Å². The topological polar surface area (TPSA) is 35.5 Å². The van der Waals surface area contributed by atoms with E-state index in [1.807, 2.05) is 43.3 Å². The summed E-state index contributed by atoms with van der Waals surface area (Å²) in [6.07, 6.45) is 2.59. The second-order valence-electron chi connectivity index (χ2n) is 8.56. The van der Waals surface area contributed by atoms with Crippen molar-refractivity contribution >= 4 is 5.78 Å². The van der Waals surface area contributed by atoms with Crippen molar-refractivity contribution in [3.8, 4) is 22.6 Å². The molecular weight excluding hydrogens is 391 g/mol. The van der Waals surface area contributed by atoms with E-state index in [2.05, 4.69) is 19.1 Å². The summed E-state index contributed by atoms with van der Waals surface area (Å²) in [6.45, 7) is 4.24. The lowest BCUT2D eigenvalue weighted by Gasteiger charge is -2.17. The highest BCUT2D eigenvalue weighted by Crippen LogP contribution is 2.51. The zero-order chi connectivity index (χ0) is 21.6. The highest BCUT2D eigenvalue weighted by Gasteiger charge is 2.51. The second-order valence-corrected chi connectivity index (χ2v) is 8.56. The summed E-state index contributed by atoms with van der Waals surface area (Å²) >= 11 is 0. The van der Waals surface area contributed by atoms with Gasteiger partial charge in [-0.05, 0) is 83.8 Å². The van der Waals surface area contributed by atoms with E-state index in [1.165, 1.54) is 5.56 Å². The number of fused-ring (bicyclic) bond motifs is 1. The molecule has 31 heavy (non-hydrogen) atoms. The van der Waals surface area contributed by atoms with Gasteiger partial charge in [0, 0.05) is 7.85 Å². The molecule has 0 aromatic heterocycles. The van der Waals surface area contributed by atoms with E-state index in [9.17, 15) is 9.18 Å². The van der Waals surface area contributed by atoms with Gasteiger partial charge in [-0.3, -0.25) is 4.79 Å². The Hall–Kier alpha value is -3.14. The number of rotatable bonds is 6. The van der Waals surface area contributed by atoms with E-state index in [1.54, 1.807) is 6.07 Å². The number of hydrogen-bond donors (Lipinski definition) is 0. The maximum absolute atomic E-state index is 14.9. The molecule has 3 aromatic rings. The molecule has 0 saturated heterocycles. The normalized spacial score (nSPS) is 15.7. The number of aryl methyl sites for hydroxylation is 2. The number of carbonyl (C=O) groups is 1. The molecule has 0 amide bonds. The molecule has 3 nitrogen and oxygen atoms in total. The summed E-state index contributed by atoms with van der Waals surface area (Å²) in [4.78, 5) is 13.3. The van der Waals surface area contributed by atoms with Crippen molar-refractivity contribution in [2.45, 2.75) is 44.9 Å². The summed E-state index contributed by atoms with van der Waals surface area (Å²) in [5.41, 5.74) is 5.00. The van der Waals surface area contributed by atoms with Gasteiger partial charge in [0.25, 0.3) is 0 Å². The largest absolute Gasteiger partial charge is 0.454 e. The van der Waals surface area contributed by atoms with Gasteiger partial charge in [0.1, 0.15) is 11.6 Å². The minimum absolute atomic E-state index is 0. The van der Waals surface area contributed by atoms with Crippen LogP contribution < -0.4 is 9.47 Å². The molecular formula is C27H27FO3. The smallest absolute Gasteiger partial charge is 0.231 e. The first-order valence-corrected chi connectivity index (χ1v) is 10.8. The molecule has 160 valence electrons. The maximum atomic E-state index is 14.9. The Morgan fingerprint density at radius 3 is 2.65 bits per heavy atom. The summed E-state index contributed by atoms with van der Waals surface area (Å²) in [7, 11) is 0. The number of ketones is 1. The van der Waals surface area contributed by atoms with Crippen LogP contribution in [0.5, 0.6) is 11.5 Å². The van der Waals surface area contributed by atoms with Crippen molar-refractivity contribution in [1.82, 2.24) is 0 Å². The van der Waals surface area contributed by atoms with E-state index >= 15 is 0 Å². The molecule has 0 bridgehead atoms. The molecule has 2 aliphatic rings. The van der Waals surface area contributed by atoms with Crippen molar-refractivity contribution in [3.05, 3.63) is 82.7 Å². The Morgan fingerprint density at radius 1 is 1.06 bits per heavy atom. The lowest BCUT2D eigenvalue weighted by atomic mass is 9.86. The number of halogens is 1. The van der Waals surface area contributed by atoms with Crippen LogP contribution in [0.3, 0.4) is 0 Å². The van der Waals surface area contributed by atoms with Crippen molar-refractivity contribution in [2.24, 2.45) is 0 Å². The van der Waals surface area contributed by atoms with Crippen LogP contribution in [0.4, 0.5) is 4.39 Å². The fourth-order valence-electron chi connectivity index (χ4n) is 4.51. The molecule has 0 unspecified atom stereocenters. The first-order chi connectivity index (χ1) is 15.0. The first-order valence-electron chi connectivity index (χ1n) is 10.8. The molecule has 1 heterocycles. The van der Waals surface area contributed by atoms with E-state index in [-0.39, 0.29) is 26.2 Å². The highest BCUT2D eigenvalue weighted by atomic mass is 19.1. The van der Waals surface area contributed by atoms with Gasteiger partial charge in [-0.2, -0.15) is 0 Å². The number of hydrogen-bond acceptors (Lipinski definition) is 3. The second kappa shape index (κ2) is 7.52. The van der Waals surface area contributed by atoms with Gasteiger partial charge >= 0.3 is 0 Å². The number of benzene rings is 3. The average Bonchev–Trinajstić information content (AvgIpc) is 3.46. The van der Waals surface area contributed by atoms with E-state index < -0.39 is 5.41 Å². The fraction of sp³-hybridized carbons (Fsp3) is 0.296. The molecule has 1 aliphatic carbocycles. The lowest BCUT2D eigenvalue weighted by molar-refractivity contribution is -0.120. The summed E-state index contributed by atoms with van der Waals surface area (Å²) < 4.78 is 25.7. The Morgan fingerprint density at radius 2 is 1.87 bits per heavy atom. The van der Waals surface area contributed by atoms with Crippen LogP contribution in [0, 0.1) is 12.7 Å². The van der Waals surface area contributed by atoms with Gasteiger partial charge in [-0.25, -0.2) is 4.39 Å². The van der Waals surface area contributed by atoms with Gasteiger partial charge in [0.15, 0.2) is 11.5 Å². The molecule has 1 fully saturated rings. The van der Waals surface area contributed by atoms with E-state index in [0.29, 0.717) is 17.1 Å². The highest BCUT2D eigenvalue weighted by molar-refractivity contribution is 5.95. The van der Waals surface area contributed by atoms with Crippen LogP contribution in [0.1, 0.15) is 43.4 Å².